The molecular weight excluding hydrogens is 292 g/mol. The van der Waals surface area contributed by atoms with Gasteiger partial charge in [-0.3, -0.25) is 0 Å². The molecule has 2 rings (SSSR count). The highest BCUT2D eigenvalue weighted by Crippen LogP contribution is 2.41. The van der Waals surface area contributed by atoms with Crippen LogP contribution in [0.3, 0.4) is 0 Å². The van der Waals surface area contributed by atoms with Gasteiger partial charge in [-0.15, -0.1) is 0 Å². The molecule has 2 aliphatic carbocycles. The van der Waals surface area contributed by atoms with Crippen molar-refractivity contribution >= 4 is 0 Å². The SMILES string of the molecule is CCCC=CO[C@@H]1CCC[C@@H]([C@H]2CC[C@H](CCCCCC)CC2)C1. The van der Waals surface area contributed by atoms with Crippen LogP contribution in [0.1, 0.15) is 110 Å². The van der Waals surface area contributed by atoms with Gasteiger partial charge in [0.1, 0.15) is 0 Å². The Balaban J connectivity index is 1.64. The van der Waals surface area contributed by atoms with Crippen LogP contribution >= 0.6 is 0 Å². The van der Waals surface area contributed by atoms with Gasteiger partial charge in [0.15, 0.2) is 0 Å². The molecule has 0 N–H and O–H groups in total. The maximum atomic E-state index is 6.02. The summed E-state index contributed by atoms with van der Waals surface area (Å²) in [6.07, 6.45) is 25.8. The smallest absolute Gasteiger partial charge is 0.0981 e. The van der Waals surface area contributed by atoms with Gasteiger partial charge in [-0.2, -0.15) is 0 Å². The Kier molecular flexibility index (Phi) is 9.92. The Morgan fingerprint density at radius 2 is 1.67 bits per heavy atom. The minimum absolute atomic E-state index is 0.503. The van der Waals surface area contributed by atoms with Gasteiger partial charge in [0.2, 0.25) is 0 Å². The van der Waals surface area contributed by atoms with Crippen molar-refractivity contribution in [2.24, 2.45) is 17.8 Å². The van der Waals surface area contributed by atoms with E-state index in [4.69, 9.17) is 4.74 Å². The second-order valence-corrected chi connectivity index (χ2v) is 8.48. The highest BCUT2D eigenvalue weighted by molar-refractivity contribution is 4.84. The summed E-state index contributed by atoms with van der Waals surface area (Å²) in [6.45, 7) is 4.53. The highest BCUT2D eigenvalue weighted by Gasteiger charge is 2.31. The molecule has 2 saturated carbocycles. The molecule has 0 unspecified atom stereocenters. The molecule has 0 aliphatic heterocycles. The molecule has 0 aromatic carbocycles. The molecule has 0 bridgehead atoms. The van der Waals surface area contributed by atoms with Crippen LogP contribution in [0.4, 0.5) is 0 Å². The van der Waals surface area contributed by atoms with E-state index >= 15 is 0 Å². The van der Waals surface area contributed by atoms with Crippen molar-refractivity contribution < 1.29 is 4.74 Å². The summed E-state index contributed by atoms with van der Waals surface area (Å²) in [5.41, 5.74) is 0. The van der Waals surface area contributed by atoms with Crippen molar-refractivity contribution in [2.75, 3.05) is 0 Å². The van der Waals surface area contributed by atoms with Crippen LogP contribution in [0.2, 0.25) is 0 Å². The molecular formula is C23H42O. The predicted octanol–water partition coefficient (Wildman–Crippen LogP) is 7.65. The number of unbranched alkanes of at least 4 members (excludes halogenated alkanes) is 4. The van der Waals surface area contributed by atoms with Gasteiger partial charge in [0.25, 0.3) is 0 Å². The number of allylic oxidation sites excluding steroid dienone is 1. The monoisotopic (exact) mass is 334 g/mol. The van der Waals surface area contributed by atoms with Crippen LogP contribution in [-0.2, 0) is 4.74 Å². The van der Waals surface area contributed by atoms with E-state index in [-0.39, 0.29) is 0 Å². The van der Waals surface area contributed by atoms with Crippen molar-refractivity contribution in [3.63, 3.8) is 0 Å². The fourth-order valence-corrected chi connectivity index (χ4v) is 4.94. The molecule has 2 atom stereocenters. The number of hydrogen-bond donors (Lipinski definition) is 0. The Hall–Kier alpha value is -0.460. The zero-order chi connectivity index (χ0) is 17.0. The van der Waals surface area contributed by atoms with E-state index in [0.29, 0.717) is 6.10 Å². The molecule has 0 amide bonds. The topological polar surface area (TPSA) is 9.23 Å². The van der Waals surface area contributed by atoms with Crippen molar-refractivity contribution in [1.82, 2.24) is 0 Å². The molecule has 0 spiro atoms. The standard InChI is InChI=1S/C23H42O/c1-3-5-7-8-11-20-14-16-21(17-15-20)22-12-10-13-23(19-22)24-18-9-6-4-2/h9,18,20-23H,3-8,10-17,19H2,1-2H3/t20-,21-,22-,23-/m1/s1. The summed E-state index contributed by atoms with van der Waals surface area (Å²) in [5, 5.41) is 0. The average molecular weight is 335 g/mol. The maximum absolute atomic E-state index is 6.02. The fraction of sp³-hybridized carbons (Fsp3) is 0.913. The first-order valence-corrected chi connectivity index (χ1v) is 11.1. The van der Waals surface area contributed by atoms with E-state index in [9.17, 15) is 0 Å². The number of rotatable bonds is 10. The molecule has 24 heavy (non-hydrogen) atoms. The summed E-state index contributed by atoms with van der Waals surface area (Å²) in [6, 6.07) is 0. The molecule has 140 valence electrons. The lowest BCUT2D eigenvalue weighted by molar-refractivity contribution is 0.0510. The van der Waals surface area contributed by atoms with E-state index in [0.717, 1.165) is 24.2 Å². The quantitative estimate of drug-likeness (QED) is 0.294. The number of hydrogen-bond acceptors (Lipinski definition) is 1. The second-order valence-electron chi connectivity index (χ2n) is 8.48. The molecule has 0 radical (unpaired) electrons. The van der Waals surface area contributed by atoms with E-state index < -0.39 is 0 Å². The molecule has 2 fully saturated rings. The van der Waals surface area contributed by atoms with Crippen molar-refractivity contribution in [1.29, 1.82) is 0 Å². The molecule has 0 aromatic heterocycles. The first-order valence-electron chi connectivity index (χ1n) is 11.1. The largest absolute Gasteiger partial charge is 0.498 e. The van der Waals surface area contributed by atoms with Crippen LogP contribution < -0.4 is 0 Å². The first-order chi connectivity index (χ1) is 11.8. The molecule has 0 saturated heterocycles. The zero-order valence-corrected chi connectivity index (χ0v) is 16.5. The van der Waals surface area contributed by atoms with E-state index in [2.05, 4.69) is 19.9 Å². The van der Waals surface area contributed by atoms with Gasteiger partial charge in [0, 0.05) is 0 Å². The van der Waals surface area contributed by atoms with Crippen LogP contribution in [0.25, 0.3) is 0 Å². The van der Waals surface area contributed by atoms with Crippen molar-refractivity contribution in [2.45, 2.75) is 116 Å². The van der Waals surface area contributed by atoms with Gasteiger partial charge in [-0.1, -0.05) is 65.2 Å². The lowest BCUT2D eigenvalue weighted by Gasteiger charge is -2.38. The van der Waals surface area contributed by atoms with E-state index in [1.165, 1.54) is 89.9 Å². The van der Waals surface area contributed by atoms with Crippen LogP contribution in [0.15, 0.2) is 12.3 Å². The Morgan fingerprint density at radius 3 is 2.42 bits per heavy atom. The Morgan fingerprint density at radius 1 is 0.833 bits per heavy atom. The van der Waals surface area contributed by atoms with Gasteiger partial charge >= 0.3 is 0 Å². The minimum Gasteiger partial charge on any atom is -0.498 e. The summed E-state index contributed by atoms with van der Waals surface area (Å²) in [7, 11) is 0. The Labute approximate surface area is 151 Å². The maximum Gasteiger partial charge on any atom is 0.0981 e. The van der Waals surface area contributed by atoms with Gasteiger partial charge < -0.3 is 4.74 Å². The van der Waals surface area contributed by atoms with Crippen LogP contribution in [-0.4, -0.2) is 6.10 Å². The van der Waals surface area contributed by atoms with Gasteiger partial charge in [0.05, 0.1) is 12.4 Å². The Bertz CT molecular complexity index is 327. The molecule has 0 heterocycles. The highest BCUT2D eigenvalue weighted by atomic mass is 16.5. The summed E-state index contributed by atoms with van der Waals surface area (Å²) < 4.78 is 6.02. The van der Waals surface area contributed by atoms with Gasteiger partial charge in [-0.25, -0.2) is 0 Å². The third-order valence-corrected chi connectivity index (χ3v) is 6.51. The molecule has 2 aliphatic rings. The lowest BCUT2D eigenvalue weighted by Crippen LogP contribution is -2.29. The zero-order valence-electron chi connectivity index (χ0n) is 16.5. The predicted molar refractivity (Wildman–Crippen MR) is 105 cm³/mol. The third-order valence-electron chi connectivity index (χ3n) is 6.51. The fourth-order valence-electron chi connectivity index (χ4n) is 4.94. The lowest BCUT2D eigenvalue weighted by atomic mass is 9.70. The minimum atomic E-state index is 0.503. The van der Waals surface area contributed by atoms with Crippen molar-refractivity contribution in [3.05, 3.63) is 12.3 Å². The normalized spacial score (nSPS) is 31.4. The number of ether oxygens (including phenoxy) is 1. The van der Waals surface area contributed by atoms with Crippen LogP contribution in [0, 0.1) is 17.8 Å². The van der Waals surface area contributed by atoms with Crippen LogP contribution in [0.5, 0.6) is 0 Å². The molecule has 1 heteroatoms. The summed E-state index contributed by atoms with van der Waals surface area (Å²) >= 11 is 0. The molecule has 0 aromatic rings. The van der Waals surface area contributed by atoms with E-state index in [1.807, 2.05) is 6.26 Å². The second kappa shape index (κ2) is 12.0. The average Bonchev–Trinajstić information content (AvgIpc) is 2.63. The van der Waals surface area contributed by atoms with Gasteiger partial charge in [-0.05, 0) is 68.8 Å². The van der Waals surface area contributed by atoms with E-state index in [1.54, 1.807) is 0 Å². The molecule has 1 nitrogen and oxygen atoms in total. The summed E-state index contributed by atoms with van der Waals surface area (Å²) in [4.78, 5) is 0. The van der Waals surface area contributed by atoms with Crippen molar-refractivity contribution in [3.8, 4) is 0 Å². The summed E-state index contributed by atoms with van der Waals surface area (Å²) in [5.74, 6) is 3.00. The third kappa shape index (κ3) is 7.19. The first kappa shape index (κ1) is 19.9.